The van der Waals surface area contributed by atoms with Gasteiger partial charge in [-0.3, -0.25) is 9.10 Å². The van der Waals surface area contributed by atoms with Crippen LogP contribution in [-0.4, -0.2) is 34.6 Å². The van der Waals surface area contributed by atoms with Crippen molar-refractivity contribution in [3.8, 4) is 11.5 Å². The highest BCUT2D eigenvalue weighted by molar-refractivity contribution is 7.92. The average molecular weight is 475 g/mol. The first-order chi connectivity index (χ1) is 15.3. The molecule has 1 N–H and O–H groups in total. The number of carbonyl (C=O) groups is 1. The number of methoxy groups -OCH3 is 1. The molecule has 0 fully saturated rings. The predicted molar refractivity (Wildman–Crippen MR) is 125 cm³/mol. The Hall–Kier alpha value is -3.23. The van der Waals surface area contributed by atoms with Crippen LogP contribution in [0.4, 0.5) is 11.4 Å². The number of anilines is 2. The number of amides is 1. The molecule has 3 rings (SSSR count). The zero-order valence-electron chi connectivity index (χ0n) is 17.6. The third-order valence-corrected chi connectivity index (χ3v) is 6.76. The molecule has 0 atom stereocenters. The van der Waals surface area contributed by atoms with Crippen molar-refractivity contribution in [1.82, 2.24) is 0 Å². The number of rotatable bonds is 9. The van der Waals surface area contributed by atoms with Crippen LogP contribution < -0.4 is 19.1 Å². The zero-order valence-corrected chi connectivity index (χ0v) is 19.2. The van der Waals surface area contributed by atoms with Crippen LogP contribution in [-0.2, 0) is 14.8 Å². The van der Waals surface area contributed by atoms with Crippen molar-refractivity contribution in [1.29, 1.82) is 0 Å². The zero-order chi connectivity index (χ0) is 23.1. The molecule has 0 spiro atoms. The Labute approximate surface area is 192 Å². The molecule has 0 aliphatic carbocycles. The minimum atomic E-state index is -3.68. The summed E-state index contributed by atoms with van der Waals surface area (Å²) in [6.07, 6.45) is 0. The number of hydrogen-bond donors (Lipinski definition) is 1. The van der Waals surface area contributed by atoms with E-state index in [0.29, 0.717) is 27.9 Å². The Balaban J connectivity index is 1.63. The highest BCUT2D eigenvalue weighted by Gasteiger charge is 2.23. The maximum absolute atomic E-state index is 12.9. The molecule has 0 bridgehead atoms. The molecule has 7 nitrogen and oxygen atoms in total. The van der Waals surface area contributed by atoms with Crippen molar-refractivity contribution < 1.29 is 22.7 Å². The number of hydrogen-bond acceptors (Lipinski definition) is 5. The molecule has 0 saturated heterocycles. The van der Waals surface area contributed by atoms with Gasteiger partial charge >= 0.3 is 0 Å². The van der Waals surface area contributed by atoms with Crippen LogP contribution in [0, 0.1) is 0 Å². The number of ether oxygens (including phenoxy) is 2. The fourth-order valence-corrected chi connectivity index (χ4v) is 4.76. The van der Waals surface area contributed by atoms with E-state index < -0.39 is 10.0 Å². The first-order valence-corrected chi connectivity index (χ1v) is 11.6. The summed E-state index contributed by atoms with van der Waals surface area (Å²) in [5, 5.41) is 3.07. The van der Waals surface area contributed by atoms with Gasteiger partial charge in [-0.1, -0.05) is 29.8 Å². The van der Waals surface area contributed by atoms with Gasteiger partial charge in [-0.05, 0) is 61.5 Å². The summed E-state index contributed by atoms with van der Waals surface area (Å²) < 4.78 is 37.8. The number of nitrogens with zero attached hydrogens (tertiary/aromatic N) is 1. The van der Waals surface area contributed by atoms with E-state index in [-0.39, 0.29) is 24.0 Å². The van der Waals surface area contributed by atoms with Crippen LogP contribution in [0.3, 0.4) is 0 Å². The smallest absolute Gasteiger partial charge is 0.264 e. The lowest BCUT2D eigenvalue weighted by Gasteiger charge is -2.23. The van der Waals surface area contributed by atoms with Gasteiger partial charge < -0.3 is 14.8 Å². The summed E-state index contributed by atoms with van der Waals surface area (Å²) in [6.45, 7) is 1.81. The molecule has 0 saturated carbocycles. The number of carbonyl (C=O) groups excluding carboxylic acids is 1. The van der Waals surface area contributed by atoms with E-state index in [1.165, 1.54) is 11.4 Å². The first-order valence-electron chi connectivity index (χ1n) is 9.79. The monoisotopic (exact) mass is 474 g/mol. The summed E-state index contributed by atoms with van der Waals surface area (Å²) in [4.78, 5) is 12.4. The van der Waals surface area contributed by atoms with Crippen LogP contribution in [0.15, 0.2) is 77.7 Å². The van der Waals surface area contributed by atoms with Crippen LogP contribution >= 0.6 is 11.6 Å². The summed E-state index contributed by atoms with van der Waals surface area (Å²) in [7, 11) is -2.17. The van der Waals surface area contributed by atoms with E-state index in [0.717, 1.165) is 0 Å². The van der Waals surface area contributed by atoms with Crippen molar-refractivity contribution in [2.24, 2.45) is 0 Å². The third-order valence-electron chi connectivity index (χ3n) is 4.55. The Bertz CT molecular complexity index is 1170. The van der Waals surface area contributed by atoms with Crippen molar-refractivity contribution in [2.75, 3.05) is 29.9 Å². The van der Waals surface area contributed by atoms with E-state index in [2.05, 4.69) is 5.32 Å². The second-order valence-corrected chi connectivity index (χ2v) is 8.93. The summed E-state index contributed by atoms with van der Waals surface area (Å²) in [5.41, 5.74) is 1.02. The SMILES string of the molecule is CCN(c1ccc(OCC(=O)Nc2ccc(OC)c(Cl)c2)cc1)S(=O)(=O)c1ccccc1. The highest BCUT2D eigenvalue weighted by Crippen LogP contribution is 2.28. The number of nitrogens with one attached hydrogen (secondary N) is 1. The molecule has 0 heterocycles. The molecule has 0 aliphatic rings. The van der Waals surface area contributed by atoms with Crippen molar-refractivity contribution in [3.63, 3.8) is 0 Å². The minimum Gasteiger partial charge on any atom is -0.495 e. The number of halogens is 1. The molecule has 0 aromatic heterocycles. The maximum atomic E-state index is 12.9. The van der Waals surface area contributed by atoms with E-state index in [9.17, 15) is 13.2 Å². The van der Waals surface area contributed by atoms with Gasteiger partial charge in [-0.25, -0.2) is 8.42 Å². The first kappa shape index (κ1) is 23.4. The largest absolute Gasteiger partial charge is 0.495 e. The molecule has 3 aromatic rings. The molecule has 1 amide bonds. The van der Waals surface area contributed by atoms with Gasteiger partial charge in [0.05, 0.1) is 22.7 Å². The van der Waals surface area contributed by atoms with Gasteiger partial charge in [0, 0.05) is 12.2 Å². The van der Waals surface area contributed by atoms with Gasteiger partial charge in [0.25, 0.3) is 15.9 Å². The standard InChI is InChI=1S/C23H23ClN2O5S/c1-3-26(32(28,29)20-7-5-4-6-8-20)18-10-12-19(13-11-18)31-16-23(27)25-17-9-14-22(30-2)21(24)15-17/h4-15H,3,16H2,1-2H3,(H,25,27). The number of benzene rings is 3. The molecule has 32 heavy (non-hydrogen) atoms. The van der Waals surface area contributed by atoms with Crippen LogP contribution in [0.25, 0.3) is 0 Å². The highest BCUT2D eigenvalue weighted by atomic mass is 35.5. The third kappa shape index (κ3) is 5.52. The molecular formula is C23H23ClN2O5S. The summed E-state index contributed by atoms with van der Waals surface area (Å²) in [6, 6.07) is 19.7. The molecular weight excluding hydrogens is 452 g/mol. The van der Waals surface area contributed by atoms with E-state index >= 15 is 0 Å². The van der Waals surface area contributed by atoms with Crippen molar-refractivity contribution >= 4 is 38.9 Å². The second-order valence-electron chi connectivity index (χ2n) is 6.66. The Morgan fingerprint density at radius 1 is 1.03 bits per heavy atom. The van der Waals surface area contributed by atoms with Crippen molar-refractivity contribution in [3.05, 3.63) is 77.8 Å². The van der Waals surface area contributed by atoms with Gasteiger partial charge in [-0.2, -0.15) is 0 Å². The van der Waals surface area contributed by atoms with E-state index in [1.54, 1.807) is 79.7 Å². The fourth-order valence-electron chi connectivity index (χ4n) is 3.01. The molecule has 0 aliphatic heterocycles. The minimum absolute atomic E-state index is 0.219. The topological polar surface area (TPSA) is 84.9 Å². The molecule has 3 aromatic carbocycles. The van der Waals surface area contributed by atoms with E-state index in [1.807, 2.05) is 0 Å². The van der Waals surface area contributed by atoms with Crippen LogP contribution in [0.5, 0.6) is 11.5 Å². The maximum Gasteiger partial charge on any atom is 0.264 e. The summed E-state index contributed by atoms with van der Waals surface area (Å²) >= 11 is 6.05. The fraction of sp³-hybridized carbons (Fsp3) is 0.174. The number of sulfonamides is 1. The van der Waals surface area contributed by atoms with Crippen LogP contribution in [0.2, 0.25) is 5.02 Å². The van der Waals surface area contributed by atoms with Crippen LogP contribution in [0.1, 0.15) is 6.92 Å². The Kier molecular flexibility index (Phi) is 7.61. The predicted octanol–water partition coefficient (Wildman–Crippen LogP) is 4.58. The normalized spacial score (nSPS) is 11.0. The lowest BCUT2D eigenvalue weighted by atomic mass is 10.3. The van der Waals surface area contributed by atoms with Gasteiger partial charge in [0.2, 0.25) is 0 Å². The lowest BCUT2D eigenvalue weighted by molar-refractivity contribution is -0.118. The second kappa shape index (κ2) is 10.4. The molecule has 0 radical (unpaired) electrons. The van der Waals surface area contributed by atoms with Crippen molar-refractivity contribution in [2.45, 2.75) is 11.8 Å². The average Bonchev–Trinajstić information content (AvgIpc) is 2.79. The van der Waals surface area contributed by atoms with Gasteiger partial charge in [-0.15, -0.1) is 0 Å². The van der Waals surface area contributed by atoms with Gasteiger partial charge in [0.15, 0.2) is 6.61 Å². The van der Waals surface area contributed by atoms with E-state index in [4.69, 9.17) is 21.1 Å². The molecule has 9 heteroatoms. The Morgan fingerprint density at radius 3 is 2.31 bits per heavy atom. The molecule has 0 unspecified atom stereocenters. The Morgan fingerprint density at radius 2 is 1.72 bits per heavy atom. The van der Waals surface area contributed by atoms with Gasteiger partial charge in [0.1, 0.15) is 11.5 Å². The molecule has 168 valence electrons. The quantitative estimate of drug-likeness (QED) is 0.490. The lowest BCUT2D eigenvalue weighted by Crippen LogP contribution is -2.30. The summed E-state index contributed by atoms with van der Waals surface area (Å²) in [5.74, 6) is 0.582.